The molecule has 2 aromatic heterocycles. The second-order valence-corrected chi connectivity index (χ2v) is 4.77. The van der Waals surface area contributed by atoms with Crippen molar-refractivity contribution in [3.8, 4) is 0 Å². The molecule has 1 aromatic carbocycles. The van der Waals surface area contributed by atoms with Gasteiger partial charge in [-0.05, 0) is 37.7 Å². The molecule has 0 saturated carbocycles. The second kappa shape index (κ2) is 5.51. The van der Waals surface area contributed by atoms with Crippen LogP contribution in [0.15, 0.2) is 51.5 Å². The van der Waals surface area contributed by atoms with Gasteiger partial charge in [0.15, 0.2) is 11.4 Å². The molecule has 0 amide bonds. The summed E-state index contributed by atoms with van der Waals surface area (Å²) in [4.78, 5) is 0. The zero-order valence-electron chi connectivity index (χ0n) is 11.2. The van der Waals surface area contributed by atoms with E-state index in [2.05, 4.69) is 5.32 Å². The van der Waals surface area contributed by atoms with Crippen LogP contribution in [0.25, 0.3) is 11.0 Å². The summed E-state index contributed by atoms with van der Waals surface area (Å²) in [7, 11) is 1.87. The molecule has 0 saturated heterocycles. The van der Waals surface area contributed by atoms with Gasteiger partial charge in [-0.1, -0.05) is 12.1 Å². The van der Waals surface area contributed by atoms with E-state index in [1.165, 1.54) is 6.07 Å². The van der Waals surface area contributed by atoms with E-state index < -0.39 is 0 Å². The monoisotopic (exact) mass is 273 g/mol. The fourth-order valence-electron chi connectivity index (χ4n) is 2.39. The lowest BCUT2D eigenvalue weighted by Crippen LogP contribution is -2.16. The predicted octanol–water partition coefficient (Wildman–Crippen LogP) is 4.06. The molecule has 0 bridgehead atoms. The van der Waals surface area contributed by atoms with Gasteiger partial charge < -0.3 is 14.2 Å². The van der Waals surface area contributed by atoms with E-state index >= 15 is 0 Å². The van der Waals surface area contributed by atoms with Gasteiger partial charge in [-0.25, -0.2) is 4.39 Å². The maximum Gasteiger partial charge on any atom is 0.169 e. The highest BCUT2D eigenvalue weighted by Crippen LogP contribution is 2.28. The van der Waals surface area contributed by atoms with E-state index in [1.807, 2.05) is 31.3 Å². The zero-order chi connectivity index (χ0) is 13.9. The van der Waals surface area contributed by atoms with Crippen LogP contribution >= 0.6 is 0 Å². The Kier molecular flexibility index (Phi) is 3.56. The molecule has 0 aliphatic heterocycles. The van der Waals surface area contributed by atoms with Crippen LogP contribution in [0.4, 0.5) is 4.39 Å². The third-order valence-corrected chi connectivity index (χ3v) is 3.47. The minimum atomic E-state index is -0.324. The fraction of sp³-hybridized carbons (Fsp3) is 0.250. The van der Waals surface area contributed by atoms with Crippen molar-refractivity contribution < 1.29 is 13.2 Å². The van der Waals surface area contributed by atoms with E-state index in [1.54, 1.807) is 12.3 Å². The van der Waals surface area contributed by atoms with Gasteiger partial charge in [0.05, 0.1) is 12.3 Å². The molecule has 0 radical (unpaired) electrons. The Balaban J connectivity index is 1.81. The van der Waals surface area contributed by atoms with Gasteiger partial charge in [0.1, 0.15) is 11.5 Å². The average Bonchev–Trinajstić information content (AvgIpc) is 3.09. The Morgan fingerprint density at radius 3 is 2.85 bits per heavy atom. The molecule has 104 valence electrons. The molecule has 0 spiro atoms. The van der Waals surface area contributed by atoms with Crippen molar-refractivity contribution in [2.75, 3.05) is 7.05 Å². The number of benzene rings is 1. The number of nitrogens with one attached hydrogen (secondary N) is 1. The first-order chi connectivity index (χ1) is 9.78. The number of aryl methyl sites for hydroxylation is 1. The van der Waals surface area contributed by atoms with Gasteiger partial charge in [-0.15, -0.1) is 0 Å². The number of para-hydroxylation sites is 1. The highest BCUT2D eigenvalue weighted by molar-refractivity contribution is 5.78. The van der Waals surface area contributed by atoms with Gasteiger partial charge in [0.2, 0.25) is 0 Å². The second-order valence-electron chi connectivity index (χ2n) is 4.77. The first-order valence-electron chi connectivity index (χ1n) is 6.65. The van der Waals surface area contributed by atoms with Gasteiger partial charge in [0, 0.05) is 11.8 Å². The lowest BCUT2D eigenvalue weighted by Gasteiger charge is -2.12. The van der Waals surface area contributed by atoms with Crippen LogP contribution in [0.3, 0.4) is 0 Å². The van der Waals surface area contributed by atoms with Crippen LogP contribution in [0.2, 0.25) is 0 Å². The number of hydrogen-bond acceptors (Lipinski definition) is 3. The smallest absolute Gasteiger partial charge is 0.169 e. The zero-order valence-corrected chi connectivity index (χ0v) is 11.2. The fourth-order valence-corrected chi connectivity index (χ4v) is 2.39. The first-order valence-corrected chi connectivity index (χ1v) is 6.65. The molecule has 1 N–H and O–H groups in total. The Bertz CT molecular complexity index is 688. The predicted molar refractivity (Wildman–Crippen MR) is 75.0 cm³/mol. The van der Waals surface area contributed by atoms with Crippen LogP contribution in [0, 0.1) is 5.82 Å². The maximum atomic E-state index is 13.6. The highest BCUT2D eigenvalue weighted by atomic mass is 19.1. The summed E-state index contributed by atoms with van der Waals surface area (Å²) in [5, 5.41) is 3.99. The molecule has 1 unspecified atom stereocenters. The van der Waals surface area contributed by atoms with E-state index in [9.17, 15) is 4.39 Å². The van der Waals surface area contributed by atoms with Crippen molar-refractivity contribution in [2.45, 2.75) is 18.9 Å². The Hall–Kier alpha value is -2.07. The van der Waals surface area contributed by atoms with Crippen molar-refractivity contribution >= 4 is 11.0 Å². The van der Waals surface area contributed by atoms with Gasteiger partial charge in [-0.2, -0.15) is 0 Å². The van der Waals surface area contributed by atoms with Crippen molar-refractivity contribution in [2.24, 2.45) is 0 Å². The van der Waals surface area contributed by atoms with Gasteiger partial charge >= 0.3 is 0 Å². The molecule has 0 fully saturated rings. The molecule has 0 aliphatic carbocycles. The summed E-state index contributed by atoms with van der Waals surface area (Å²) >= 11 is 0. The van der Waals surface area contributed by atoms with E-state index in [0.717, 1.165) is 29.7 Å². The summed E-state index contributed by atoms with van der Waals surface area (Å²) in [6.07, 6.45) is 3.30. The van der Waals surface area contributed by atoms with E-state index in [0.29, 0.717) is 5.58 Å². The minimum absolute atomic E-state index is 0.0342. The lowest BCUT2D eigenvalue weighted by atomic mass is 10.1. The summed E-state index contributed by atoms with van der Waals surface area (Å²) < 4.78 is 24.6. The molecular weight excluding hydrogens is 257 g/mol. The molecule has 0 aliphatic rings. The van der Waals surface area contributed by atoms with Crippen molar-refractivity contribution in [3.63, 3.8) is 0 Å². The van der Waals surface area contributed by atoms with Crippen LogP contribution in [0.5, 0.6) is 0 Å². The van der Waals surface area contributed by atoms with E-state index in [4.69, 9.17) is 8.83 Å². The Morgan fingerprint density at radius 2 is 2.15 bits per heavy atom. The third kappa shape index (κ3) is 2.47. The number of halogens is 1. The molecule has 3 nitrogen and oxygen atoms in total. The molecule has 3 rings (SSSR count). The number of fused-ring (bicyclic) bond motifs is 1. The van der Waals surface area contributed by atoms with Crippen molar-refractivity contribution in [1.29, 1.82) is 0 Å². The first kappa shape index (κ1) is 12.9. The molecule has 4 heteroatoms. The Morgan fingerprint density at radius 1 is 1.25 bits per heavy atom. The standard InChI is InChI=1S/C16H16FNO2/c1-18-14(8-7-12-5-3-9-19-12)15-10-11-4-2-6-13(17)16(11)20-15/h2-6,9-10,14,18H,7-8H2,1H3. The lowest BCUT2D eigenvalue weighted by molar-refractivity contribution is 0.410. The van der Waals surface area contributed by atoms with Crippen LogP contribution in [-0.2, 0) is 6.42 Å². The normalized spacial score (nSPS) is 12.9. The largest absolute Gasteiger partial charge is 0.469 e. The number of hydrogen-bond donors (Lipinski definition) is 1. The van der Waals surface area contributed by atoms with Crippen LogP contribution in [-0.4, -0.2) is 7.05 Å². The number of furan rings is 2. The van der Waals surface area contributed by atoms with Gasteiger partial charge in [-0.3, -0.25) is 0 Å². The molecule has 1 atom stereocenters. The number of rotatable bonds is 5. The van der Waals surface area contributed by atoms with Gasteiger partial charge in [0.25, 0.3) is 0 Å². The van der Waals surface area contributed by atoms with Crippen molar-refractivity contribution in [1.82, 2.24) is 5.32 Å². The molecule has 20 heavy (non-hydrogen) atoms. The van der Waals surface area contributed by atoms with Crippen LogP contribution in [0.1, 0.15) is 24.0 Å². The summed E-state index contributed by atoms with van der Waals surface area (Å²) in [6, 6.07) is 10.7. The Labute approximate surface area is 116 Å². The minimum Gasteiger partial charge on any atom is -0.469 e. The highest BCUT2D eigenvalue weighted by Gasteiger charge is 2.16. The quantitative estimate of drug-likeness (QED) is 0.762. The van der Waals surface area contributed by atoms with Crippen molar-refractivity contribution in [3.05, 3.63) is 60.0 Å². The average molecular weight is 273 g/mol. The molecule has 3 aromatic rings. The molecular formula is C16H16FNO2. The summed E-state index contributed by atoms with van der Waals surface area (Å²) in [5.74, 6) is 1.36. The molecule has 2 heterocycles. The van der Waals surface area contributed by atoms with E-state index in [-0.39, 0.29) is 11.9 Å². The summed E-state index contributed by atoms with van der Waals surface area (Å²) in [6.45, 7) is 0. The SMILES string of the molecule is CNC(CCc1ccco1)c1cc2cccc(F)c2o1. The summed E-state index contributed by atoms with van der Waals surface area (Å²) in [5.41, 5.74) is 0.320. The van der Waals surface area contributed by atoms with Crippen LogP contribution < -0.4 is 5.32 Å². The third-order valence-electron chi connectivity index (χ3n) is 3.47. The maximum absolute atomic E-state index is 13.6. The topological polar surface area (TPSA) is 38.3 Å².